The van der Waals surface area contributed by atoms with Crippen LogP contribution in [-0.2, 0) is 9.59 Å². The largest absolute Gasteiger partial charge is 0.326 e. The maximum atomic E-state index is 13.1. The number of fused-ring (bicyclic) bond motifs is 1. The molecule has 0 saturated carbocycles. The van der Waals surface area contributed by atoms with Crippen LogP contribution in [0, 0.1) is 12.7 Å². The van der Waals surface area contributed by atoms with Gasteiger partial charge in [-0.05, 0) is 48.9 Å². The maximum absolute atomic E-state index is 13.1. The number of hydrogen-bond acceptors (Lipinski definition) is 5. The fourth-order valence-electron chi connectivity index (χ4n) is 3.27. The van der Waals surface area contributed by atoms with Crippen molar-refractivity contribution in [1.29, 1.82) is 0 Å². The molecular formula is C21H17ClFN5O3. The summed E-state index contributed by atoms with van der Waals surface area (Å²) in [6.45, 7) is 1.80. The average molecular weight is 442 g/mol. The van der Waals surface area contributed by atoms with Crippen LogP contribution in [0.4, 0.5) is 27.5 Å². The van der Waals surface area contributed by atoms with Crippen molar-refractivity contribution in [2.45, 2.75) is 19.3 Å². The number of nitrogens with zero attached hydrogens (tertiary/aromatic N) is 1. The Labute approximate surface area is 180 Å². The first-order valence-corrected chi connectivity index (χ1v) is 9.71. The zero-order chi connectivity index (χ0) is 22.1. The van der Waals surface area contributed by atoms with Crippen molar-refractivity contribution in [2.75, 3.05) is 16.0 Å². The number of rotatable bonds is 4. The molecule has 0 spiro atoms. The summed E-state index contributed by atoms with van der Waals surface area (Å²) in [5, 5.41) is 8.55. The van der Waals surface area contributed by atoms with Crippen molar-refractivity contribution >= 4 is 46.6 Å². The first-order chi connectivity index (χ1) is 14.8. The van der Waals surface area contributed by atoms with E-state index in [-0.39, 0.29) is 23.8 Å². The molecule has 4 rings (SSSR count). The Morgan fingerprint density at radius 1 is 1.19 bits per heavy atom. The molecule has 31 heavy (non-hydrogen) atoms. The molecule has 1 aliphatic heterocycles. The standard InChI is InChI=1S/C21H17ClFN5O3/c1-10-2-3-11(22)8-15(10)25-19(30)14-9-16(29)26-18-17(14)20(31)28-21(27-18)24-13-6-4-12(23)5-7-13/h2-8,14H,9H2,1H3,(H,25,30)(H3,24,26,27,28,29,31)/t14-/m0/s1. The first-order valence-electron chi connectivity index (χ1n) is 9.34. The molecule has 3 aromatic rings. The van der Waals surface area contributed by atoms with Gasteiger partial charge in [-0.1, -0.05) is 17.7 Å². The SMILES string of the molecule is Cc1ccc(Cl)cc1NC(=O)[C@H]1CC(=O)Nc2nc(Nc3ccc(F)cc3)[nH]c(=O)c21. The lowest BCUT2D eigenvalue weighted by Gasteiger charge is -2.24. The molecule has 1 atom stereocenters. The molecule has 2 heterocycles. The van der Waals surface area contributed by atoms with E-state index in [4.69, 9.17) is 11.6 Å². The minimum atomic E-state index is -1.03. The van der Waals surface area contributed by atoms with Gasteiger partial charge in [0, 0.05) is 22.8 Å². The first kappa shape index (κ1) is 20.5. The highest BCUT2D eigenvalue weighted by molar-refractivity contribution is 6.31. The highest BCUT2D eigenvalue weighted by Crippen LogP contribution is 2.31. The van der Waals surface area contributed by atoms with E-state index in [0.717, 1.165) is 5.56 Å². The fourth-order valence-corrected chi connectivity index (χ4v) is 3.45. The number of benzene rings is 2. The maximum Gasteiger partial charge on any atom is 0.258 e. The number of carbonyl (C=O) groups excluding carboxylic acids is 2. The second-order valence-corrected chi connectivity index (χ2v) is 7.50. The summed E-state index contributed by atoms with van der Waals surface area (Å²) in [5.41, 5.74) is 1.24. The van der Waals surface area contributed by atoms with Gasteiger partial charge in [-0.25, -0.2) is 4.39 Å². The van der Waals surface area contributed by atoms with Gasteiger partial charge in [0.1, 0.15) is 11.6 Å². The molecule has 0 unspecified atom stereocenters. The van der Waals surface area contributed by atoms with E-state index in [9.17, 15) is 18.8 Å². The van der Waals surface area contributed by atoms with E-state index in [1.165, 1.54) is 24.3 Å². The van der Waals surface area contributed by atoms with Crippen molar-refractivity contribution in [3.8, 4) is 0 Å². The minimum absolute atomic E-state index is 0.00687. The summed E-state index contributed by atoms with van der Waals surface area (Å²) in [6, 6.07) is 10.5. The van der Waals surface area contributed by atoms with Gasteiger partial charge in [-0.15, -0.1) is 0 Å². The number of carbonyl (C=O) groups is 2. The van der Waals surface area contributed by atoms with Gasteiger partial charge in [0.15, 0.2) is 0 Å². The summed E-state index contributed by atoms with van der Waals surface area (Å²) < 4.78 is 13.1. The van der Waals surface area contributed by atoms with Crippen molar-refractivity contribution in [3.05, 3.63) is 74.8 Å². The van der Waals surface area contributed by atoms with Crippen LogP contribution >= 0.6 is 11.6 Å². The third-order valence-corrected chi connectivity index (χ3v) is 5.07. The van der Waals surface area contributed by atoms with Crippen LogP contribution in [0.25, 0.3) is 0 Å². The molecule has 0 aliphatic carbocycles. The van der Waals surface area contributed by atoms with Gasteiger partial charge in [-0.3, -0.25) is 19.4 Å². The third kappa shape index (κ3) is 4.41. The number of nitrogens with one attached hydrogen (secondary N) is 4. The number of aromatic nitrogens is 2. The lowest BCUT2D eigenvalue weighted by Crippen LogP contribution is -2.36. The van der Waals surface area contributed by atoms with E-state index in [2.05, 4.69) is 25.9 Å². The molecule has 1 aliphatic rings. The highest BCUT2D eigenvalue weighted by atomic mass is 35.5. The molecule has 158 valence electrons. The van der Waals surface area contributed by atoms with E-state index in [1.807, 2.05) is 0 Å². The number of hydrogen-bond donors (Lipinski definition) is 4. The Morgan fingerprint density at radius 3 is 2.68 bits per heavy atom. The Bertz CT molecular complexity index is 1240. The normalized spacial score (nSPS) is 15.1. The molecule has 4 N–H and O–H groups in total. The van der Waals surface area contributed by atoms with Crippen LogP contribution in [0.3, 0.4) is 0 Å². The number of halogens is 2. The number of anilines is 4. The topological polar surface area (TPSA) is 116 Å². The van der Waals surface area contributed by atoms with Crippen molar-refractivity contribution < 1.29 is 14.0 Å². The van der Waals surface area contributed by atoms with Crippen LogP contribution in [-0.4, -0.2) is 21.8 Å². The molecule has 2 aromatic carbocycles. The third-order valence-electron chi connectivity index (χ3n) is 4.83. The number of aryl methyl sites for hydroxylation is 1. The van der Waals surface area contributed by atoms with Gasteiger partial charge in [0.2, 0.25) is 17.8 Å². The lowest BCUT2D eigenvalue weighted by atomic mass is 9.92. The van der Waals surface area contributed by atoms with E-state index in [1.54, 1.807) is 25.1 Å². The summed E-state index contributed by atoms with van der Waals surface area (Å²) in [7, 11) is 0. The van der Waals surface area contributed by atoms with E-state index in [0.29, 0.717) is 16.4 Å². The van der Waals surface area contributed by atoms with Crippen molar-refractivity contribution in [1.82, 2.24) is 9.97 Å². The summed E-state index contributed by atoms with van der Waals surface area (Å²) >= 11 is 6.00. The Balaban J connectivity index is 1.65. The smallest absolute Gasteiger partial charge is 0.258 e. The predicted octanol–water partition coefficient (Wildman–Crippen LogP) is 3.68. The molecule has 8 nitrogen and oxygen atoms in total. The van der Waals surface area contributed by atoms with Crippen molar-refractivity contribution in [3.63, 3.8) is 0 Å². The van der Waals surface area contributed by atoms with Gasteiger partial charge in [-0.2, -0.15) is 4.98 Å². The van der Waals surface area contributed by atoms with Crippen LogP contribution in [0.1, 0.15) is 23.5 Å². The average Bonchev–Trinajstić information content (AvgIpc) is 2.71. The van der Waals surface area contributed by atoms with Gasteiger partial charge in [0.25, 0.3) is 5.56 Å². The fraction of sp³-hybridized carbons (Fsp3) is 0.143. The Kier molecular flexibility index (Phi) is 5.43. The minimum Gasteiger partial charge on any atom is -0.326 e. The van der Waals surface area contributed by atoms with Crippen LogP contribution in [0.15, 0.2) is 47.3 Å². The molecule has 10 heteroatoms. The molecule has 0 fully saturated rings. The van der Waals surface area contributed by atoms with Crippen LogP contribution in [0.5, 0.6) is 0 Å². The number of H-pyrrole nitrogens is 1. The van der Waals surface area contributed by atoms with Crippen molar-refractivity contribution in [2.24, 2.45) is 0 Å². The van der Waals surface area contributed by atoms with Gasteiger partial charge >= 0.3 is 0 Å². The van der Waals surface area contributed by atoms with E-state index < -0.39 is 29.1 Å². The number of aromatic amines is 1. The molecule has 2 amide bonds. The number of amides is 2. The van der Waals surface area contributed by atoms with Gasteiger partial charge in [0.05, 0.1) is 11.5 Å². The Morgan fingerprint density at radius 2 is 1.94 bits per heavy atom. The van der Waals surface area contributed by atoms with E-state index >= 15 is 0 Å². The molecule has 0 bridgehead atoms. The lowest BCUT2D eigenvalue weighted by molar-refractivity contribution is -0.123. The Hall–Kier alpha value is -3.72. The molecular weight excluding hydrogens is 425 g/mol. The highest BCUT2D eigenvalue weighted by Gasteiger charge is 2.35. The quantitative estimate of drug-likeness (QED) is 0.493. The molecule has 0 radical (unpaired) electrons. The van der Waals surface area contributed by atoms with Gasteiger partial charge < -0.3 is 16.0 Å². The predicted molar refractivity (Wildman–Crippen MR) is 115 cm³/mol. The monoisotopic (exact) mass is 441 g/mol. The second-order valence-electron chi connectivity index (χ2n) is 7.06. The molecule has 1 aromatic heterocycles. The molecule has 0 saturated heterocycles. The summed E-state index contributed by atoms with van der Waals surface area (Å²) in [5.74, 6) is -2.36. The van der Waals surface area contributed by atoms with Crippen LogP contribution in [0.2, 0.25) is 5.02 Å². The summed E-state index contributed by atoms with van der Waals surface area (Å²) in [6.07, 6.45) is -0.200. The zero-order valence-corrected chi connectivity index (χ0v) is 17.0. The summed E-state index contributed by atoms with van der Waals surface area (Å²) in [4.78, 5) is 44.7. The second kappa shape index (κ2) is 8.19. The van der Waals surface area contributed by atoms with Crippen LogP contribution < -0.4 is 21.5 Å². The zero-order valence-electron chi connectivity index (χ0n) is 16.3.